The maximum atomic E-state index is 12.0. The SMILES string of the molecule is CCCCCCCCCCNC(=O)C1CCC(N)CC1. The third kappa shape index (κ3) is 7.88. The van der Waals surface area contributed by atoms with Crippen LogP contribution in [0.3, 0.4) is 0 Å². The van der Waals surface area contributed by atoms with Crippen molar-refractivity contribution in [3.8, 4) is 0 Å². The standard InChI is InChI=1S/C17H34N2O/c1-2-3-4-5-6-7-8-9-14-19-17(20)15-10-12-16(18)13-11-15/h15-16H,2-14,18H2,1H3,(H,19,20). The molecule has 3 N–H and O–H groups in total. The molecule has 1 saturated carbocycles. The van der Waals surface area contributed by atoms with Gasteiger partial charge in [-0.3, -0.25) is 4.79 Å². The van der Waals surface area contributed by atoms with Crippen molar-refractivity contribution in [2.75, 3.05) is 6.54 Å². The molecular weight excluding hydrogens is 248 g/mol. The zero-order valence-electron chi connectivity index (χ0n) is 13.3. The van der Waals surface area contributed by atoms with Gasteiger partial charge in [0.15, 0.2) is 0 Å². The van der Waals surface area contributed by atoms with Crippen LogP contribution >= 0.6 is 0 Å². The molecule has 1 rings (SSSR count). The normalized spacial score (nSPS) is 22.7. The van der Waals surface area contributed by atoms with Crippen LogP contribution in [-0.2, 0) is 4.79 Å². The van der Waals surface area contributed by atoms with Crippen molar-refractivity contribution in [2.45, 2.75) is 90.0 Å². The summed E-state index contributed by atoms with van der Waals surface area (Å²) in [5.41, 5.74) is 5.86. The Bertz CT molecular complexity index is 247. The molecule has 3 nitrogen and oxygen atoms in total. The minimum atomic E-state index is 0.226. The molecule has 1 fully saturated rings. The first-order chi connectivity index (χ1) is 9.74. The summed E-state index contributed by atoms with van der Waals surface area (Å²) >= 11 is 0. The summed E-state index contributed by atoms with van der Waals surface area (Å²) in [7, 11) is 0. The predicted octanol–water partition coefficient (Wildman–Crippen LogP) is 3.76. The van der Waals surface area contributed by atoms with Crippen LogP contribution in [0.25, 0.3) is 0 Å². The van der Waals surface area contributed by atoms with E-state index in [2.05, 4.69) is 12.2 Å². The highest BCUT2D eigenvalue weighted by Gasteiger charge is 2.23. The predicted molar refractivity (Wildman–Crippen MR) is 85.6 cm³/mol. The Morgan fingerprint density at radius 2 is 1.50 bits per heavy atom. The first-order valence-electron chi connectivity index (χ1n) is 8.77. The van der Waals surface area contributed by atoms with Crippen LogP contribution in [-0.4, -0.2) is 18.5 Å². The van der Waals surface area contributed by atoms with Gasteiger partial charge in [-0.15, -0.1) is 0 Å². The second kappa shape index (κ2) is 11.1. The molecule has 0 aliphatic heterocycles. The summed E-state index contributed by atoms with van der Waals surface area (Å²) in [6.45, 7) is 3.11. The van der Waals surface area contributed by atoms with E-state index >= 15 is 0 Å². The molecule has 0 radical (unpaired) electrons. The van der Waals surface area contributed by atoms with E-state index in [0.29, 0.717) is 6.04 Å². The average molecular weight is 282 g/mol. The smallest absolute Gasteiger partial charge is 0.223 e. The minimum absolute atomic E-state index is 0.226. The van der Waals surface area contributed by atoms with Crippen molar-refractivity contribution in [1.82, 2.24) is 5.32 Å². The van der Waals surface area contributed by atoms with Gasteiger partial charge in [0.2, 0.25) is 5.91 Å². The van der Waals surface area contributed by atoms with E-state index in [9.17, 15) is 4.79 Å². The topological polar surface area (TPSA) is 55.1 Å². The molecule has 0 aromatic heterocycles. The molecule has 20 heavy (non-hydrogen) atoms. The number of amides is 1. The van der Waals surface area contributed by atoms with E-state index in [-0.39, 0.29) is 11.8 Å². The fourth-order valence-corrected chi connectivity index (χ4v) is 3.00. The number of nitrogens with one attached hydrogen (secondary N) is 1. The molecule has 1 amide bonds. The third-order valence-corrected chi connectivity index (χ3v) is 4.47. The highest BCUT2D eigenvalue weighted by atomic mass is 16.1. The summed E-state index contributed by atoms with van der Waals surface area (Å²) in [6.07, 6.45) is 14.5. The fourth-order valence-electron chi connectivity index (χ4n) is 3.00. The zero-order chi connectivity index (χ0) is 14.6. The van der Waals surface area contributed by atoms with Crippen LogP contribution < -0.4 is 11.1 Å². The first kappa shape index (κ1) is 17.5. The molecule has 0 unspecified atom stereocenters. The van der Waals surface area contributed by atoms with Crippen LogP contribution in [0.15, 0.2) is 0 Å². The number of carbonyl (C=O) groups is 1. The summed E-state index contributed by atoms with van der Waals surface area (Å²) < 4.78 is 0. The van der Waals surface area contributed by atoms with E-state index in [1.165, 1.54) is 44.9 Å². The van der Waals surface area contributed by atoms with Crippen molar-refractivity contribution in [3.05, 3.63) is 0 Å². The van der Waals surface area contributed by atoms with Crippen molar-refractivity contribution in [3.63, 3.8) is 0 Å². The lowest BCUT2D eigenvalue weighted by atomic mass is 9.86. The Kier molecular flexibility index (Phi) is 9.73. The second-order valence-electron chi connectivity index (χ2n) is 6.38. The molecule has 0 heterocycles. The minimum Gasteiger partial charge on any atom is -0.356 e. The molecule has 0 bridgehead atoms. The van der Waals surface area contributed by atoms with Gasteiger partial charge in [-0.25, -0.2) is 0 Å². The Labute approximate surface area is 125 Å². The Balaban J connectivity index is 1.89. The van der Waals surface area contributed by atoms with Crippen LogP contribution in [0.4, 0.5) is 0 Å². The van der Waals surface area contributed by atoms with Crippen LogP contribution in [0, 0.1) is 5.92 Å². The van der Waals surface area contributed by atoms with E-state index in [1.807, 2.05) is 0 Å². The van der Waals surface area contributed by atoms with Gasteiger partial charge < -0.3 is 11.1 Å². The molecule has 0 aromatic carbocycles. The molecule has 0 atom stereocenters. The van der Waals surface area contributed by atoms with Gasteiger partial charge in [-0.2, -0.15) is 0 Å². The molecule has 3 heteroatoms. The van der Waals surface area contributed by atoms with Gasteiger partial charge in [-0.1, -0.05) is 51.9 Å². The monoisotopic (exact) mass is 282 g/mol. The third-order valence-electron chi connectivity index (χ3n) is 4.47. The molecular formula is C17H34N2O. The quantitative estimate of drug-likeness (QED) is 0.599. The largest absolute Gasteiger partial charge is 0.356 e. The lowest BCUT2D eigenvalue weighted by Gasteiger charge is -2.25. The highest BCUT2D eigenvalue weighted by Crippen LogP contribution is 2.23. The first-order valence-corrected chi connectivity index (χ1v) is 8.77. The molecule has 1 aliphatic rings. The average Bonchev–Trinajstić information content (AvgIpc) is 2.46. The maximum Gasteiger partial charge on any atom is 0.223 e. The molecule has 0 aromatic rings. The number of carbonyl (C=O) groups excluding carboxylic acids is 1. The molecule has 118 valence electrons. The molecule has 0 spiro atoms. The number of rotatable bonds is 10. The van der Waals surface area contributed by atoms with Crippen LogP contribution in [0.2, 0.25) is 0 Å². The van der Waals surface area contributed by atoms with Gasteiger partial charge in [0.1, 0.15) is 0 Å². The summed E-state index contributed by atoms with van der Waals surface area (Å²) in [4.78, 5) is 12.0. The van der Waals surface area contributed by atoms with Crippen molar-refractivity contribution in [1.29, 1.82) is 0 Å². The fraction of sp³-hybridized carbons (Fsp3) is 0.941. The van der Waals surface area contributed by atoms with Gasteiger partial charge >= 0.3 is 0 Å². The number of nitrogens with two attached hydrogens (primary N) is 1. The lowest BCUT2D eigenvalue weighted by molar-refractivity contribution is -0.126. The van der Waals surface area contributed by atoms with Gasteiger partial charge in [-0.05, 0) is 32.1 Å². The molecule has 1 aliphatic carbocycles. The highest BCUT2D eigenvalue weighted by molar-refractivity contribution is 5.78. The van der Waals surface area contributed by atoms with E-state index in [1.54, 1.807) is 0 Å². The van der Waals surface area contributed by atoms with Gasteiger partial charge in [0, 0.05) is 18.5 Å². The van der Waals surface area contributed by atoms with Gasteiger partial charge in [0.05, 0.1) is 0 Å². The number of hydrogen-bond acceptors (Lipinski definition) is 2. The van der Waals surface area contributed by atoms with Crippen LogP contribution in [0.1, 0.15) is 84.0 Å². The number of unbranched alkanes of at least 4 members (excludes halogenated alkanes) is 7. The van der Waals surface area contributed by atoms with Crippen molar-refractivity contribution in [2.24, 2.45) is 11.7 Å². The lowest BCUT2D eigenvalue weighted by Crippen LogP contribution is -2.36. The Morgan fingerprint density at radius 1 is 0.950 bits per heavy atom. The van der Waals surface area contributed by atoms with Gasteiger partial charge in [0.25, 0.3) is 0 Å². The van der Waals surface area contributed by atoms with E-state index in [4.69, 9.17) is 5.73 Å². The van der Waals surface area contributed by atoms with Crippen molar-refractivity contribution < 1.29 is 4.79 Å². The Morgan fingerprint density at radius 3 is 2.10 bits per heavy atom. The maximum absolute atomic E-state index is 12.0. The zero-order valence-corrected chi connectivity index (χ0v) is 13.3. The summed E-state index contributed by atoms with van der Waals surface area (Å²) in [6, 6.07) is 0.326. The van der Waals surface area contributed by atoms with E-state index < -0.39 is 0 Å². The summed E-state index contributed by atoms with van der Waals surface area (Å²) in [5.74, 6) is 0.490. The summed E-state index contributed by atoms with van der Waals surface area (Å²) in [5, 5.41) is 3.10. The van der Waals surface area contributed by atoms with Crippen molar-refractivity contribution >= 4 is 5.91 Å². The Hall–Kier alpha value is -0.570. The second-order valence-corrected chi connectivity index (χ2v) is 6.38. The number of hydrogen-bond donors (Lipinski definition) is 2. The van der Waals surface area contributed by atoms with E-state index in [0.717, 1.165) is 38.6 Å². The van der Waals surface area contributed by atoms with Crippen LogP contribution in [0.5, 0.6) is 0 Å². The molecule has 0 saturated heterocycles.